The van der Waals surface area contributed by atoms with E-state index in [2.05, 4.69) is 0 Å². The smallest absolute Gasteiger partial charge is 0.308 e. The summed E-state index contributed by atoms with van der Waals surface area (Å²) < 4.78 is 24.4. The normalized spacial score (nSPS) is 16.3. The molecule has 28 heavy (non-hydrogen) atoms. The van der Waals surface area contributed by atoms with Gasteiger partial charge in [0.15, 0.2) is 11.5 Å². The maximum atomic E-state index is 13.1. The third-order valence-electron chi connectivity index (χ3n) is 4.79. The first-order chi connectivity index (χ1) is 13.5. The number of ether oxygens (including phenoxy) is 2. The Morgan fingerprint density at radius 2 is 2.00 bits per heavy atom. The minimum absolute atomic E-state index is 0.0430. The molecule has 0 aliphatic carbocycles. The fourth-order valence-corrected chi connectivity index (χ4v) is 3.23. The first-order valence-electron chi connectivity index (χ1n) is 9.01. The van der Waals surface area contributed by atoms with Crippen molar-refractivity contribution in [2.45, 2.75) is 19.4 Å². The van der Waals surface area contributed by atoms with Gasteiger partial charge in [0.1, 0.15) is 12.4 Å². The second-order valence-electron chi connectivity index (χ2n) is 6.69. The van der Waals surface area contributed by atoms with E-state index < -0.39 is 11.9 Å². The van der Waals surface area contributed by atoms with E-state index in [0.717, 1.165) is 11.1 Å². The minimum atomic E-state index is -0.944. The van der Waals surface area contributed by atoms with Crippen molar-refractivity contribution in [3.8, 4) is 11.5 Å². The van der Waals surface area contributed by atoms with E-state index in [9.17, 15) is 14.0 Å². The minimum Gasteiger partial charge on any atom is -0.493 e. The molecule has 0 spiro atoms. The van der Waals surface area contributed by atoms with Gasteiger partial charge in [0.25, 0.3) is 0 Å². The number of carboxylic acid groups (broad SMARTS) is 1. The molecule has 1 heterocycles. The van der Waals surface area contributed by atoms with E-state index in [1.807, 2.05) is 12.1 Å². The average molecular weight is 387 g/mol. The highest BCUT2D eigenvalue weighted by atomic mass is 19.1. The Hall–Kier alpha value is -3.09. The Morgan fingerprint density at radius 1 is 1.25 bits per heavy atom. The Morgan fingerprint density at radius 3 is 2.64 bits per heavy atom. The van der Waals surface area contributed by atoms with Crippen LogP contribution in [-0.2, 0) is 22.6 Å². The quantitative estimate of drug-likeness (QED) is 0.754. The van der Waals surface area contributed by atoms with Gasteiger partial charge in [-0.05, 0) is 35.7 Å². The van der Waals surface area contributed by atoms with Crippen LogP contribution in [0, 0.1) is 11.7 Å². The zero-order valence-corrected chi connectivity index (χ0v) is 15.6. The van der Waals surface area contributed by atoms with Gasteiger partial charge in [-0.2, -0.15) is 0 Å². The molecule has 1 unspecified atom stereocenters. The van der Waals surface area contributed by atoms with E-state index in [-0.39, 0.29) is 31.3 Å². The SMILES string of the molecule is COc1cccc(CCN2CC(C(=O)O)CC2=O)c1OCc1ccc(F)cc1. The maximum Gasteiger partial charge on any atom is 0.308 e. The molecule has 6 nitrogen and oxygen atoms in total. The molecule has 148 valence electrons. The summed E-state index contributed by atoms with van der Waals surface area (Å²) in [5.74, 6) is -0.917. The molecule has 3 rings (SSSR count). The van der Waals surface area contributed by atoms with Crippen molar-refractivity contribution in [1.29, 1.82) is 0 Å². The number of likely N-dealkylation sites (tertiary alicyclic amines) is 1. The van der Waals surface area contributed by atoms with Gasteiger partial charge in [-0.25, -0.2) is 4.39 Å². The molecule has 1 saturated heterocycles. The van der Waals surface area contributed by atoms with Crippen molar-refractivity contribution in [3.63, 3.8) is 0 Å². The van der Waals surface area contributed by atoms with Gasteiger partial charge in [0.05, 0.1) is 13.0 Å². The topological polar surface area (TPSA) is 76.1 Å². The van der Waals surface area contributed by atoms with Gasteiger partial charge in [-0.3, -0.25) is 9.59 Å². The molecule has 0 saturated carbocycles. The van der Waals surface area contributed by atoms with Crippen molar-refractivity contribution in [2.75, 3.05) is 20.2 Å². The standard InChI is InChI=1S/C21H22FNO5/c1-27-18-4-2-3-15(9-10-23-12-16(21(25)26)11-19(23)24)20(18)28-13-14-5-7-17(22)8-6-14/h2-8,16H,9-13H2,1H3,(H,25,26). The molecule has 0 bridgehead atoms. The van der Waals surface area contributed by atoms with Crippen LogP contribution in [0.25, 0.3) is 0 Å². The lowest BCUT2D eigenvalue weighted by atomic mass is 10.1. The van der Waals surface area contributed by atoms with Crippen LogP contribution in [-0.4, -0.2) is 42.1 Å². The van der Waals surface area contributed by atoms with Crippen LogP contribution in [0.2, 0.25) is 0 Å². The predicted molar refractivity (Wildman–Crippen MR) is 99.8 cm³/mol. The Bertz CT molecular complexity index is 852. The van der Waals surface area contributed by atoms with Gasteiger partial charge in [0, 0.05) is 19.5 Å². The van der Waals surface area contributed by atoms with E-state index in [4.69, 9.17) is 14.6 Å². The van der Waals surface area contributed by atoms with Gasteiger partial charge >= 0.3 is 5.97 Å². The number of rotatable bonds is 8. The Labute approximate surface area is 162 Å². The van der Waals surface area contributed by atoms with Crippen LogP contribution >= 0.6 is 0 Å². The molecule has 1 N–H and O–H groups in total. The summed E-state index contributed by atoms with van der Waals surface area (Å²) in [5, 5.41) is 9.10. The van der Waals surface area contributed by atoms with Crippen LogP contribution in [0.3, 0.4) is 0 Å². The Balaban J connectivity index is 1.69. The van der Waals surface area contributed by atoms with Crippen LogP contribution < -0.4 is 9.47 Å². The lowest BCUT2D eigenvalue weighted by Gasteiger charge is -2.19. The highest BCUT2D eigenvalue weighted by molar-refractivity contribution is 5.86. The highest BCUT2D eigenvalue weighted by Gasteiger charge is 2.33. The zero-order valence-electron chi connectivity index (χ0n) is 15.6. The first kappa shape index (κ1) is 19.7. The summed E-state index contributed by atoms with van der Waals surface area (Å²) in [6.07, 6.45) is 0.551. The predicted octanol–water partition coefficient (Wildman–Crippen LogP) is 2.89. The molecule has 2 aromatic rings. The summed E-state index contributed by atoms with van der Waals surface area (Å²) >= 11 is 0. The Kier molecular flexibility index (Phi) is 6.13. The van der Waals surface area contributed by atoms with Gasteiger partial charge in [0.2, 0.25) is 5.91 Å². The molecule has 1 fully saturated rings. The summed E-state index contributed by atoms with van der Waals surface area (Å²) in [6.45, 7) is 0.879. The van der Waals surface area contributed by atoms with E-state index in [1.165, 1.54) is 12.1 Å². The van der Waals surface area contributed by atoms with Crippen molar-refractivity contribution in [3.05, 3.63) is 59.4 Å². The fourth-order valence-electron chi connectivity index (χ4n) is 3.23. The third kappa shape index (κ3) is 4.60. The summed E-state index contributed by atoms with van der Waals surface area (Å²) in [6, 6.07) is 11.6. The molecular weight excluding hydrogens is 365 g/mol. The number of methoxy groups -OCH3 is 1. The number of aliphatic carboxylic acids is 1. The number of carboxylic acids is 1. The second kappa shape index (κ2) is 8.73. The molecule has 1 atom stereocenters. The first-order valence-corrected chi connectivity index (χ1v) is 9.01. The maximum absolute atomic E-state index is 13.1. The second-order valence-corrected chi connectivity index (χ2v) is 6.69. The van der Waals surface area contributed by atoms with Crippen molar-refractivity contribution < 1.29 is 28.6 Å². The van der Waals surface area contributed by atoms with Gasteiger partial charge in [-0.1, -0.05) is 24.3 Å². The number of carbonyl (C=O) groups excluding carboxylic acids is 1. The molecule has 2 aromatic carbocycles. The molecule has 0 aromatic heterocycles. The summed E-state index contributed by atoms with van der Waals surface area (Å²) in [7, 11) is 1.55. The third-order valence-corrected chi connectivity index (χ3v) is 4.79. The number of halogens is 1. The van der Waals surface area contributed by atoms with Gasteiger partial charge < -0.3 is 19.5 Å². The fraction of sp³-hybridized carbons (Fsp3) is 0.333. The van der Waals surface area contributed by atoms with E-state index in [0.29, 0.717) is 24.5 Å². The summed E-state index contributed by atoms with van der Waals surface area (Å²) in [5.41, 5.74) is 1.67. The van der Waals surface area contributed by atoms with Crippen LogP contribution in [0.4, 0.5) is 4.39 Å². The lowest BCUT2D eigenvalue weighted by molar-refractivity contribution is -0.141. The number of hydrogen-bond acceptors (Lipinski definition) is 4. The molecule has 1 aliphatic heterocycles. The van der Waals surface area contributed by atoms with Crippen molar-refractivity contribution in [1.82, 2.24) is 4.90 Å². The van der Waals surface area contributed by atoms with Crippen LogP contribution in [0.5, 0.6) is 11.5 Å². The molecule has 0 radical (unpaired) electrons. The number of nitrogens with zero attached hydrogens (tertiary/aromatic N) is 1. The monoisotopic (exact) mass is 387 g/mol. The van der Waals surface area contributed by atoms with E-state index >= 15 is 0 Å². The van der Waals surface area contributed by atoms with Crippen LogP contribution in [0.15, 0.2) is 42.5 Å². The average Bonchev–Trinajstić information content (AvgIpc) is 3.07. The van der Waals surface area contributed by atoms with Crippen molar-refractivity contribution >= 4 is 11.9 Å². The van der Waals surface area contributed by atoms with Crippen molar-refractivity contribution in [2.24, 2.45) is 5.92 Å². The molecule has 7 heteroatoms. The van der Waals surface area contributed by atoms with Crippen LogP contribution in [0.1, 0.15) is 17.5 Å². The zero-order chi connectivity index (χ0) is 20.1. The highest BCUT2D eigenvalue weighted by Crippen LogP contribution is 2.32. The number of hydrogen-bond donors (Lipinski definition) is 1. The summed E-state index contributed by atoms with van der Waals surface area (Å²) in [4.78, 5) is 24.7. The van der Waals surface area contributed by atoms with E-state index in [1.54, 1.807) is 30.2 Å². The lowest BCUT2D eigenvalue weighted by Crippen LogP contribution is -2.28. The number of amides is 1. The largest absolute Gasteiger partial charge is 0.493 e. The molecule has 1 amide bonds. The number of carbonyl (C=O) groups is 2. The molecule has 1 aliphatic rings. The van der Waals surface area contributed by atoms with Gasteiger partial charge in [-0.15, -0.1) is 0 Å². The number of benzene rings is 2. The number of para-hydroxylation sites is 1. The molecular formula is C21H22FNO5.